The largest absolute Gasteiger partial charge is 0.481 e. The first-order valence-corrected chi connectivity index (χ1v) is 4.81. The molecular weight excluding hydrogens is 196 g/mol. The van der Waals surface area contributed by atoms with Crippen LogP contribution in [0.2, 0.25) is 0 Å². The highest BCUT2D eigenvalue weighted by molar-refractivity contribution is 5.69. The van der Waals surface area contributed by atoms with Gasteiger partial charge in [-0.05, 0) is 18.9 Å². The molecule has 0 amide bonds. The summed E-state index contributed by atoms with van der Waals surface area (Å²) in [6.45, 7) is 3.71. The number of rotatable bonds is 8. The van der Waals surface area contributed by atoms with Gasteiger partial charge in [-0.25, -0.2) is 0 Å². The lowest BCUT2D eigenvalue weighted by atomic mass is 10.2. The molecule has 0 aromatic carbocycles. The normalized spacial score (nSPS) is 10.1. The summed E-state index contributed by atoms with van der Waals surface area (Å²) in [5, 5.41) is 8.34. The van der Waals surface area contributed by atoms with E-state index in [0.29, 0.717) is 12.8 Å². The zero-order valence-corrected chi connectivity index (χ0v) is 8.65. The molecule has 84 valence electrons. The molecule has 0 spiro atoms. The van der Waals surface area contributed by atoms with Crippen molar-refractivity contribution in [3.63, 3.8) is 0 Å². The molecule has 4 heteroatoms. The highest BCUT2D eigenvalue weighted by atomic mass is 16.5. The second-order valence-corrected chi connectivity index (χ2v) is 2.95. The number of hydrogen-bond acceptors (Lipinski definition) is 3. The van der Waals surface area contributed by atoms with Gasteiger partial charge in [-0.2, -0.15) is 0 Å². The van der Waals surface area contributed by atoms with Crippen LogP contribution >= 0.6 is 0 Å². The first-order chi connectivity index (χ1) is 7.16. The number of carboxylic acid groups (broad SMARTS) is 1. The summed E-state index contributed by atoms with van der Waals surface area (Å²) in [5.74, 6) is -1.13. The highest BCUT2D eigenvalue weighted by Gasteiger charge is 2.02. The number of carboxylic acids is 1. The molecule has 4 nitrogen and oxygen atoms in total. The van der Waals surface area contributed by atoms with Gasteiger partial charge in [0.05, 0.1) is 0 Å². The summed E-state index contributed by atoms with van der Waals surface area (Å²) in [4.78, 5) is 21.2. The lowest BCUT2D eigenvalue weighted by molar-refractivity contribution is -0.143. The van der Waals surface area contributed by atoms with E-state index in [1.54, 1.807) is 18.2 Å². The van der Waals surface area contributed by atoms with Crippen LogP contribution in [0, 0.1) is 0 Å². The third-order valence-electron chi connectivity index (χ3n) is 1.63. The molecular formula is C11H16O4. The average molecular weight is 212 g/mol. The average Bonchev–Trinajstić information content (AvgIpc) is 2.19. The number of allylic oxidation sites excluding steroid dienone is 2. The van der Waals surface area contributed by atoms with Crippen LogP contribution in [0.4, 0.5) is 0 Å². The van der Waals surface area contributed by atoms with Gasteiger partial charge in [0.25, 0.3) is 0 Å². The van der Waals surface area contributed by atoms with Gasteiger partial charge < -0.3 is 9.84 Å². The number of ether oxygens (including phenoxy) is 1. The molecule has 0 aliphatic carbocycles. The number of esters is 1. The standard InChI is InChI=1S/C11H16O4/c1-2-3-6-9-15-11(14)8-5-4-7-10(12)13/h2-3,6H,1,4-5,7-9H2,(H,12,13). The monoisotopic (exact) mass is 212 g/mol. The lowest BCUT2D eigenvalue weighted by Crippen LogP contribution is -2.04. The molecule has 0 heterocycles. The second kappa shape index (κ2) is 8.99. The van der Waals surface area contributed by atoms with E-state index in [1.807, 2.05) is 0 Å². The molecule has 0 fully saturated rings. The molecule has 0 unspecified atom stereocenters. The predicted molar refractivity (Wildman–Crippen MR) is 56.4 cm³/mol. The molecule has 1 N–H and O–H groups in total. The summed E-state index contributed by atoms with van der Waals surface area (Å²) in [6, 6.07) is 0. The van der Waals surface area contributed by atoms with E-state index < -0.39 is 5.97 Å². The molecule has 0 atom stereocenters. The SMILES string of the molecule is C=CC=CCOC(=O)CCCCC(=O)O. The third-order valence-corrected chi connectivity index (χ3v) is 1.63. The van der Waals surface area contributed by atoms with E-state index in [9.17, 15) is 9.59 Å². The van der Waals surface area contributed by atoms with Crippen molar-refractivity contribution < 1.29 is 19.4 Å². The second-order valence-electron chi connectivity index (χ2n) is 2.95. The Labute approximate surface area is 89.2 Å². The molecule has 15 heavy (non-hydrogen) atoms. The van der Waals surface area contributed by atoms with Crippen molar-refractivity contribution in [3.05, 3.63) is 24.8 Å². The van der Waals surface area contributed by atoms with E-state index in [4.69, 9.17) is 9.84 Å². The number of carbonyl (C=O) groups is 2. The summed E-state index contributed by atoms with van der Waals surface area (Å²) in [7, 11) is 0. The number of unbranched alkanes of at least 4 members (excludes halogenated alkanes) is 1. The zero-order chi connectivity index (χ0) is 11.5. The van der Waals surface area contributed by atoms with Crippen molar-refractivity contribution in [2.24, 2.45) is 0 Å². The van der Waals surface area contributed by atoms with Gasteiger partial charge in [0.2, 0.25) is 0 Å². The first-order valence-electron chi connectivity index (χ1n) is 4.81. The van der Waals surface area contributed by atoms with Gasteiger partial charge in [-0.3, -0.25) is 9.59 Å². The van der Waals surface area contributed by atoms with Crippen molar-refractivity contribution in [2.45, 2.75) is 25.7 Å². The highest BCUT2D eigenvalue weighted by Crippen LogP contribution is 2.01. The Bertz CT molecular complexity index is 243. The fourth-order valence-corrected chi connectivity index (χ4v) is 0.911. The summed E-state index contributed by atoms with van der Waals surface area (Å²) < 4.78 is 4.83. The summed E-state index contributed by atoms with van der Waals surface area (Å²) >= 11 is 0. The maximum absolute atomic E-state index is 11.0. The maximum Gasteiger partial charge on any atom is 0.306 e. The van der Waals surface area contributed by atoms with E-state index >= 15 is 0 Å². The van der Waals surface area contributed by atoms with E-state index in [0.717, 1.165) is 0 Å². The Hall–Kier alpha value is -1.58. The molecule has 0 bridgehead atoms. The summed E-state index contributed by atoms with van der Waals surface area (Å²) in [5.41, 5.74) is 0. The molecule has 0 saturated heterocycles. The minimum Gasteiger partial charge on any atom is -0.481 e. The van der Waals surface area contributed by atoms with Crippen molar-refractivity contribution in [3.8, 4) is 0 Å². The Morgan fingerprint density at radius 1 is 1.27 bits per heavy atom. The Morgan fingerprint density at radius 3 is 2.53 bits per heavy atom. The van der Waals surface area contributed by atoms with Crippen molar-refractivity contribution in [1.82, 2.24) is 0 Å². The lowest BCUT2D eigenvalue weighted by Gasteiger charge is -2.00. The van der Waals surface area contributed by atoms with E-state index in [2.05, 4.69) is 6.58 Å². The molecule has 0 rings (SSSR count). The van der Waals surface area contributed by atoms with Crippen LogP contribution in [0.1, 0.15) is 25.7 Å². The third kappa shape index (κ3) is 10.3. The van der Waals surface area contributed by atoms with Crippen LogP contribution < -0.4 is 0 Å². The fraction of sp³-hybridized carbons (Fsp3) is 0.455. The quantitative estimate of drug-likeness (QED) is 0.379. The molecule has 0 saturated carbocycles. The minimum absolute atomic E-state index is 0.101. The van der Waals surface area contributed by atoms with E-state index in [1.165, 1.54) is 0 Å². The van der Waals surface area contributed by atoms with Crippen LogP contribution in [-0.4, -0.2) is 23.7 Å². The number of carbonyl (C=O) groups excluding carboxylic acids is 1. The van der Waals surface area contributed by atoms with Crippen LogP contribution in [-0.2, 0) is 14.3 Å². The maximum atomic E-state index is 11.0. The van der Waals surface area contributed by atoms with E-state index in [-0.39, 0.29) is 25.4 Å². The molecule has 0 aromatic heterocycles. The molecule has 0 aliphatic rings. The number of aliphatic carboxylic acids is 1. The van der Waals surface area contributed by atoms with Crippen molar-refractivity contribution in [2.75, 3.05) is 6.61 Å². The smallest absolute Gasteiger partial charge is 0.306 e. The van der Waals surface area contributed by atoms with Gasteiger partial charge >= 0.3 is 11.9 Å². The first kappa shape index (κ1) is 13.4. The predicted octanol–water partition coefficient (Wildman–Crippen LogP) is 1.92. The van der Waals surface area contributed by atoms with Crippen LogP contribution in [0.5, 0.6) is 0 Å². The van der Waals surface area contributed by atoms with Gasteiger partial charge in [0.1, 0.15) is 6.61 Å². The zero-order valence-electron chi connectivity index (χ0n) is 8.65. The van der Waals surface area contributed by atoms with Gasteiger partial charge in [0, 0.05) is 12.8 Å². The Balaban J connectivity index is 3.37. The Morgan fingerprint density at radius 2 is 1.93 bits per heavy atom. The van der Waals surface area contributed by atoms with Gasteiger partial charge in [0.15, 0.2) is 0 Å². The Kier molecular flexibility index (Phi) is 8.05. The number of hydrogen-bond donors (Lipinski definition) is 1. The van der Waals surface area contributed by atoms with Crippen LogP contribution in [0.15, 0.2) is 24.8 Å². The molecule has 0 aliphatic heterocycles. The molecule has 0 radical (unpaired) electrons. The molecule has 0 aromatic rings. The topological polar surface area (TPSA) is 63.6 Å². The van der Waals surface area contributed by atoms with Gasteiger partial charge in [-0.1, -0.05) is 18.7 Å². The van der Waals surface area contributed by atoms with Crippen LogP contribution in [0.3, 0.4) is 0 Å². The van der Waals surface area contributed by atoms with Gasteiger partial charge in [-0.15, -0.1) is 0 Å². The fourth-order valence-electron chi connectivity index (χ4n) is 0.911. The van der Waals surface area contributed by atoms with Crippen molar-refractivity contribution >= 4 is 11.9 Å². The van der Waals surface area contributed by atoms with Crippen LogP contribution in [0.25, 0.3) is 0 Å². The van der Waals surface area contributed by atoms with Crippen molar-refractivity contribution in [1.29, 1.82) is 0 Å². The summed E-state index contributed by atoms with van der Waals surface area (Å²) in [6.07, 6.45) is 6.41. The minimum atomic E-state index is -0.836.